The van der Waals surface area contributed by atoms with Crippen LogP contribution in [-0.4, -0.2) is 34.3 Å². The van der Waals surface area contributed by atoms with Crippen molar-refractivity contribution in [1.29, 1.82) is 0 Å². The van der Waals surface area contributed by atoms with E-state index in [0.717, 1.165) is 23.0 Å². The van der Waals surface area contributed by atoms with Crippen LogP contribution >= 0.6 is 11.6 Å². The molecular weight excluding hydrogens is 358 g/mol. The molecule has 1 amide bonds. The molecule has 1 aromatic carbocycles. The van der Waals surface area contributed by atoms with Gasteiger partial charge in [-0.2, -0.15) is 0 Å². The molecule has 8 heteroatoms. The largest absolute Gasteiger partial charge is 0.376 e. The minimum Gasteiger partial charge on any atom is -0.376 e. The van der Waals surface area contributed by atoms with Gasteiger partial charge in [-0.15, -0.1) is 0 Å². The number of carbonyl (C=O) groups is 1. The molecule has 1 fully saturated rings. The zero-order valence-electron chi connectivity index (χ0n) is 14.2. The Kier molecular flexibility index (Phi) is 5.90. The summed E-state index contributed by atoms with van der Waals surface area (Å²) < 4.78 is 7.71. The molecule has 1 aliphatic rings. The van der Waals surface area contributed by atoms with Crippen molar-refractivity contribution in [1.82, 2.24) is 14.5 Å². The van der Waals surface area contributed by atoms with Gasteiger partial charge in [0.05, 0.1) is 12.6 Å². The van der Waals surface area contributed by atoms with E-state index in [9.17, 15) is 14.4 Å². The van der Waals surface area contributed by atoms with Gasteiger partial charge < -0.3 is 10.1 Å². The first-order chi connectivity index (χ1) is 12.5. The van der Waals surface area contributed by atoms with E-state index in [1.165, 1.54) is 16.8 Å². The first-order valence-corrected chi connectivity index (χ1v) is 8.84. The zero-order valence-corrected chi connectivity index (χ0v) is 14.9. The van der Waals surface area contributed by atoms with E-state index in [-0.39, 0.29) is 19.2 Å². The Bertz CT molecular complexity index is 900. The van der Waals surface area contributed by atoms with Crippen molar-refractivity contribution in [2.45, 2.75) is 32.0 Å². The van der Waals surface area contributed by atoms with Crippen LogP contribution in [0.25, 0.3) is 0 Å². The molecule has 1 aromatic heterocycles. The fourth-order valence-corrected chi connectivity index (χ4v) is 3.06. The normalized spacial score (nSPS) is 16.6. The van der Waals surface area contributed by atoms with Gasteiger partial charge >= 0.3 is 5.69 Å². The van der Waals surface area contributed by atoms with Gasteiger partial charge in [0.15, 0.2) is 0 Å². The highest BCUT2D eigenvalue weighted by molar-refractivity contribution is 6.31. The molecule has 2 aromatic rings. The molecule has 26 heavy (non-hydrogen) atoms. The van der Waals surface area contributed by atoms with Gasteiger partial charge in [0, 0.05) is 30.4 Å². The number of hydrogen-bond donors (Lipinski definition) is 1. The highest BCUT2D eigenvalue weighted by Gasteiger charge is 2.17. The average molecular weight is 378 g/mol. The predicted molar refractivity (Wildman–Crippen MR) is 97.5 cm³/mol. The highest BCUT2D eigenvalue weighted by atomic mass is 35.5. The van der Waals surface area contributed by atoms with Gasteiger partial charge in [0.25, 0.3) is 5.56 Å². The number of nitrogens with one attached hydrogen (secondary N) is 1. The summed E-state index contributed by atoms with van der Waals surface area (Å²) in [6.07, 6.45) is 3.29. The van der Waals surface area contributed by atoms with E-state index in [2.05, 4.69) is 5.32 Å². The summed E-state index contributed by atoms with van der Waals surface area (Å²) in [5.74, 6) is -0.393. The highest BCUT2D eigenvalue weighted by Crippen LogP contribution is 2.15. The van der Waals surface area contributed by atoms with Gasteiger partial charge in [-0.05, 0) is 24.5 Å². The van der Waals surface area contributed by atoms with Gasteiger partial charge in [-0.3, -0.25) is 18.7 Å². The average Bonchev–Trinajstić information content (AvgIpc) is 3.14. The minimum atomic E-state index is -0.551. The van der Waals surface area contributed by atoms with Crippen LogP contribution in [0.15, 0.2) is 46.1 Å². The van der Waals surface area contributed by atoms with Crippen molar-refractivity contribution >= 4 is 17.5 Å². The van der Waals surface area contributed by atoms with Gasteiger partial charge in [-0.1, -0.05) is 29.8 Å². The third-order valence-electron chi connectivity index (χ3n) is 4.29. The van der Waals surface area contributed by atoms with Gasteiger partial charge in [-0.25, -0.2) is 4.79 Å². The van der Waals surface area contributed by atoms with Crippen molar-refractivity contribution in [3.63, 3.8) is 0 Å². The lowest BCUT2D eigenvalue weighted by Gasteiger charge is -2.13. The van der Waals surface area contributed by atoms with Crippen LogP contribution in [0.4, 0.5) is 0 Å². The molecule has 1 aliphatic heterocycles. The maximum atomic E-state index is 12.6. The fraction of sp³-hybridized carbons (Fsp3) is 0.389. The Hall–Kier alpha value is -2.38. The summed E-state index contributed by atoms with van der Waals surface area (Å²) in [7, 11) is 0. The summed E-state index contributed by atoms with van der Waals surface area (Å²) in [5, 5.41) is 3.25. The van der Waals surface area contributed by atoms with E-state index in [0.29, 0.717) is 18.2 Å². The molecule has 3 rings (SSSR count). The summed E-state index contributed by atoms with van der Waals surface area (Å²) in [6.45, 7) is 0.976. The number of halogens is 1. The Morgan fingerprint density at radius 3 is 2.81 bits per heavy atom. The van der Waals surface area contributed by atoms with Crippen LogP contribution < -0.4 is 16.6 Å². The number of benzene rings is 1. The molecule has 0 radical (unpaired) electrons. The molecule has 2 heterocycles. The molecule has 0 spiro atoms. The summed E-state index contributed by atoms with van der Waals surface area (Å²) in [5.41, 5.74) is -0.313. The smallest absolute Gasteiger partial charge is 0.331 e. The molecule has 0 bridgehead atoms. The maximum Gasteiger partial charge on any atom is 0.331 e. The Balaban J connectivity index is 1.72. The standard InChI is InChI=1S/C18H20ClN3O4/c19-15-6-2-1-4-13(15)11-21-8-7-17(24)22(18(21)25)12-16(23)20-10-14-5-3-9-26-14/h1-2,4,6-8,14H,3,5,9-12H2,(H,20,23). The van der Waals surface area contributed by atoms with E-state index in [1.54, 1.807) is 18.2 Å². The lowest BCUT2D eigenvalue weighted by Crippen LogP contribution is -2.44. The van der Waals surface area contributed by atoms with Gasteiger partial charge in [0.1, 0.15) is 6.54 Å². The SMILES string of the molecule is O=C(Cn1c(=O)ccn(Cc2ccccc2Cl)c1=O)NCC1CCCO1. The molecule has 1 N–H and O–H groups in total. The Labute approximate surface area is 155 Å². The van der Waals surface area contributed by atoms with Crippen LogP contribution in [0.1, 0.15) is 18.4 Å². The molecule has 0 aliphatic carbocycles. The number of rotatable bonds is 6. The van der Waals surface area contributed by atoms with E-state index in [4.69, 9.17) is 16.3 Å². The third-order valence-corrected chi connectivity index (χ3v) is 4.66. The number of hydrogen-bond acceptors (Lipinski definition) is 4. The monoisotopic (exact) mass is 377 g/mol. The van der Waals surface area contributed by atoms with Crippen molar-refractivity contribution in [2.24, 2.45) is 0 Å². The second-order valence-corrected chi connectivity index (χ2v) is 6.59. The second-order valence-electron chi connectivity index (χ2n) is 6.18. The lowest BCUT2D eigenvalue weighted by molar-refractivity contribution is -0.122. The number of ether oxygens (including phenoxy) is 1. The van der Waals surface area contributed by atoms with Crippen LogP contribution in [0, 0.1) is 0 Å². The number of amides is 1. The maximum absolute atomic E-state index is 12.6. The van der Waals surface area contributed by atoms with Crippen molar-refractivity contribution < 1.29 is 9.53 Å². The first kappa shape index (κ1) is 18.4. The van der Waals surface area contributed by atoms with Crippen molar-refractivity contribution in [3.05, 3.63) is 68.0 Å². The van der Waals surface area contributed by atoms with E-state index in [1.807, 2.05) is 6.07 Å². The number of nitrogens with zero attached hydrogens (tertiary/aromatic N) is 2. The third kappa shape index (κ3) is 4.42. The fourth-order valence-electron chi connectivity index (χ4n) is 2.87. The van der Waals surface area contributed by atoms with Crippen molar-refractivity contribution in [3.8, 4) is 0 Å². The van der Waals surface area contributed by atoms with E-state index >= 15 is 0 Å². The molecule has 138 valence electrons. The summed E-state index contributed by atoms with van der Waals surface area (Å²) in [4.78, 5) is 36.7. The molecule has 0 saturated carbocycles. The molecule has 1 unspecified atom stereocenters. The van der Waals surface area contributed by atoms with Crippen molar-refractivity contribution in [2.75, 3.05) is 13.2 Å². The number of aromatic nitrogens is 2. The molecular formula is C18H20ClN3O4. The lowest BCUT2D eigenvalue weighted by atomic mass is 10.2. The molecule has 1 atom stereocenters. The molecule has 1 saturated heterocycles. The predicted octanol–water partition coefficient (Wildman–Crippen LogP) is 1.01. The van der Waals surface area contributed by atoms with Crippen LogP contribution in [0.2, 0.25) is 5.02 Å². The molecule has 7 nitrogen and oxygen atoms in total. The summed E-state index contributed by atoms with van der Waals surface area (Å²) in [6, 6.07) is 8.43. The second kappa shape index (κ2) is 8.33. The van der Waals surface area contributed by atoms with E-state index < -0.39 is 17.2 Å². The quantitative estimate of drug-likeness (QED) is 0.814. The Morgan fingerprint density at radius 2 is 2.08 bits per heavy atom. The minimum absolute atomic E-state index is 0.00308. The first-order valence-electron chi connectivity index (χ1n) is 8.46. The number of carbonyl (C=O) groups excluding carboxylic acids is 1. The Morgan fingerprint density at radius 1 is 1.27 bits per heavy atom. The topological polar surface area (TPSA) is 82.3 Å². The van der Waals surface area contributed by atoms with Gasteiger partial charge in [0.2, 0.25) is 5.91 Å². The zero-order chi connectivity index (χ0) is 18.5. The van der Waals surface area contributed by atoms with Crippen LogP contribution in [0.5, 0.6) is 0 Å². The van der Waals surface area contributed by atoms with Crippen LogP contribution in [-0.2, 0) is 22.6 Å². The summed E-state index contributed by atoms with van der Waals surface area (Å²) >= 11 is 6.13. The van der Waals surface area contributed by atoms with Crippen LogP contribution in [0.3, 0.4) is 0 Å².